The van der Waals surface area contributed by atoms with Gasteiger partial charge in [0.05, 0.1) is 11.1 Å². The summed E-state index contributed by atoms with van der Waals surface area (Å²) in [6, 6.07) is 9.60. The van der Waals surface area contributed by atoms with Gasteiger partial charge < -0.3 is 4.74 Å². The summed E-state index contributed by atoms with van der Waals surface area (Å²) in [5.41, 5.74) is 3.43. The Hall–Kier alpha value is -2.41. The second kappa shape index (κ2) is 6.15. The summed E-state index contributed by atoms with van der Waals surface area (Å²) >= 11 is 0. The highest BCUT2D eigenvalue weighted by molar-refractivity contribution is 6.05. The number of nitriles is 1. The van der Waals surface area contributed by atoms with E-state index in [-0.39, 0.29) is 0 Å². The molecule has 0 unspecified atom stereocenters. The molecule has 1 aromatic carbocycles. The zero-order valence-electron chi connectivity index (χ0n) is 12.6. The zero-order valence-corrected chi connectivity index (χ0v) is 12.6. The Labute approximate surface area is 129 Å². The van der Waals surface area contributed by atoms with Crippen LogP contribution in [0.1, 0.15) is 47.8 Å². The number of hydrogen-bond donors (Lipinski definition) is 0. The van der Waals surface area contributed by atoms with Crippen molar-refractivity contribution in [2.45, 2.75) is 45.1 Å². The quantitative estimate of drug-likeness (QED) is 0.627. The van der Waals surface area contributed by atoms with E-state index in [2.05, 4.69) is 0 Å². The lowest BCUT2D eigenvalue weighted by Crippen LogP contribution is -2.17. The van der Waals surface area contributed by atoms with E-state index in [1.54, 1.807) is 6.92 Å². The van der Waals surface area contributed by atoms with Crippen LogP contribution in [-0.2, 0) is 17.6 Å². The van der Waals surface area contributed by atoms with Crippen molar-refractivity contribution in [1.29, 1.82) is 5.26 Å². The molecule has 0 saturated heterocycles. The molecule has 1 atom stereocenters. The summed E-state index contributed by atoms with van der Waals surface area (Å²) in [5.74, 6) is -0.411. The van der Waals surface area contributed by atoms with Crippen LogP contribution in [0.5, 0.6) is 0 Å². The number of rotatable bonds is 2. The van der Waals surface area contributed by atoms with E-state index >= 15 is 0 Å². The van der Waals surface area contributed by atoms with Crippen LogP contribution in [-0.4, -0.2) is 17.1 Å². The average Bonchev–Trinajstić information content (AvgIpc) is 2.77. The highest BCUT2D eigenvalue weighted by Gasteiger charge is 2.23. The minimum atomic E-state index is -0.749. The van der Waals surface area contributed by atoms with Gasteiger partial charge in [-0.25, -0.2) is 4.79 Å². The van der Waals surface area contributed by atoms with Crippen LogP contribution in [0.25, 0.3) is 10.9 Å². The minimum absolute atomic E-state index is 0.411. The molecule has 4 nitrogen and oxygen atoms in total. The first kappa shape index (κ1) is 14.5. The van der Waals surface area contributed by atoms with Crippen molar-refractivity contribution < 1.29 is 9.53 Å². The molecule has 1 aromatic heterocycles. The van der Waals surface area contributed by atoms with E-state index in [1.807, 2.05) is 30.3 Å². The van der Waals surface area contributed by atoms with Crippen LogP contribution >= 0.6 is 0 Å². The monoisotopic (exact) mass is 294 g/mol. The second-order valence-electron chi connectivity index (χ2n) is 5.67. The molecule has 4 heteroatoms. The number of esters is 1. The van der Waals surface area contributed by atoms with Gasteiger partial charge in [0, 0.05) is 11.1 Å². The van der Waals surface area contributed by atoms with Gasteiger partial charge in [0.1, 0.15) is 6.07 Å². The van der Waals surface area contributed by atoms with Crippen molar-refractivity contribution in [2.75, 3.05) is 0 Å². The van der Waals surface area contributed by atoms with E-state index in [4.69, 9.17) is 15.0 Å². The number of carbonyl (C=O) groups excluding carboxylic acids is 1. The predicted molar refractivity (Wildman–Crippen MR) is 83.5 cm³/mol. The molecule has 1 aliphatic rings. The Morgan fingerprint density at radius 2 is 2.05 bits per heavy atom. The summed E-state index contributed by atoms with van der Waals surface area (Å²) < 4.78 is 5.27. The smallest absolute Gasteiger partial charge is 0.340 e. The first-order chi connectivity index (χ1) is 10.7. The summed E-state index contributed by atoms with van der Waals surface area (Å²) in [6.45, 7) is 1.58. The van der Waals surface area contributed by atoms with E-state index in [1.165, 1.54) is 0 Å². The third-order valence-electron chi connectivity index (χ3n) is 4.09. The van der Waals surface area contributed by atoms with E-state index in [0.29, 0.717) is 5.56 Å². The topological polar surface area (TPSA) is 63.0 Å². The third kappa shape index (κ3) is 2.67. The molecule has 0 amide bonds. The molecule has 3 rings (SSSR count). The van der Waals surface area contributed by atoms with Crippen molar-refractivity contribution >= 4 is 16.9 Å². The Balaban J connectivity index is 2.19. The van der Waals surface area contributed by atoms with E-state index < -0.39 is 12.1 Å². The molecule has 1 aliphatic carbocycles. The number of aromatic nitrogens is 1. The molecule has 2 aromatic rings. The van der Waals surface area contributed by atoms with Crippen molar-refractivity contribution in [1.82, 2.24) is 4.98 Å². The number of carbonyl (C=O) groups is 1. The van der Waals surface area contributed by atoms with Gasteiger partial charge >= 0.3 is 5.97 Å². The van der Waals surface area contributed by atoms with Gasteiger partial charge in [-0.15, -0.1) is 0 Å². The largest absolute Gasteiger partial charge is 0.444 e. The van der Waals surface area contributed by atoms with Crippen LogP contribution in [0.2, 0.25) is 0 Å². The maximum Gasteiger partial charge on any atom is 0.340 e. The van der Waals surface area contributed by atoms with Gasteiger partial charge in [0.2, 0.25) is 0 Å². The van der Waals surface area contributed by atoms with Crippen LogP contribution in [0.4, 0.5) is 0 Å². The fourth-order valence-corrected chi connectivity index (χ4v) is 3.03. The van der Waals surface area contributed by atoms with E-state index in [0.717, 1.165) is 54.3 Å². The zero-order chi connectivity index (χ0) is 15.5. The molecule has 22 heavy (non-hydrogen) atoms. The maximum atomic E-state index is 12.6. The number of pyridine rings is 1. The van der Waals surface area contributed by atoms with Gasteiger partial charge in [-0.3, -0.25) is 4.98 Å². The third-order valence-corrected chi connectivity index (χ3v) is 4.09. The lowest BCUT2D eigenvalue weighted by molar-refractivity contribution is 0.0436. The number of ether oxygens (including phenoxy) is 1. The van der Waals surface area contributed by atoms with Crippen molar-refractivity contribution in [3.05, 3.63) is 41.1 Å². The molecule has 0 bridgehead atoms. The summed E-state index contributed by atoms with van der Waals surface area (Å²) in [5, 5.41) is 9.71. The van der Waals surface area contributed by atoms with Gasteiger partial charge in [0.15, 0.2) is 6.10 Å². The minimum Gasteiger partial charge on any atom is -0.444 e. The molecule has 112 valence electrons. The molecule has 0 aliphatic heterocycles. The molecule has 1 heterocycles. The fraction of sp³-hybridized carbons (Fsp3) is 0.389. The molecule has 0 spiro atoms. The fourth-order valence-electron chi connectivity index (χ4n) is 3.03. The summed E-state index contributed by atoms with van der Waals surface area (Å²) in [4.78, 5) is 17.4. The SMILES string of the molecule is C[C@@H](C#N)OC(=O)c1c2c(nc3ccccc13)CCCCC2. The maximum absolute atomic E-state index is 12.6. The van der Waals surface area contributed by atoms with Crippen LogP contribution < -0.4 is 0 Å². The number of para-hydroxylation sites is 1. The first-order valence-corrected chi connectivity index (χ1v) is 7.72. The Morgan fingerprint density at radius 3 is 2.86 bits per heavy atom. The standard InChI is InChI=1S/C18H18N2O2/c1-12(11-19)22-18(21)17-13-7-3-2-4-9-15(13)20-16-10-6-5-8-14(16)17/h5-6,8,10,12H,2-4,7,9H2,1H3/t12-/m0/s1. The van der Waals surface area contributed by atoms with Gasteiger partial charge in [-0.2, -0.15) is 5.26 Å². The first-order valence-electron chi connectivity index (χ1n) is 7.72. The number of hydrogen-bond acceptors (Lipinski definition) is 4. The molecular weight excluding hydrogens is 276 g/mol. The highest BCUT2D eigenvalue weighted by atomic mass is 16.5. The summed E-state index contributed by atoms with van der Waals surface area (Å²) in [6.07, 6.45) is 4.30. The van der Waals surface area contributed by atoms with Gasteiger partial charge in [-0.1, -0.05) is 24.6 Å². The Morgan fingerprint density at radius 1 is 1.27 bits per heavy atom. The van der Waals surface area contributed by atoms with Crippen molar-refractivity contribution in [2.24, 2.45) is 0 Å². The normalized spacial score (nSPS) is 15.5. The van der Waals surface area contributed by atoms with Crippen molar-refractivity contribution in [3.63, 3.8) is 0 Å². The van der Waals surface area contributed by atoms with E-state index in [9.17, 15) is 4.79 Å². The number of nitrogens with zero attached hydrogens (tertiary/aromatic N) is 2. The Bertz CT molecular complexity index is 762. The van der Waals surface area contributed by atoms with Crippen LogP contribution in [0.3, 0.4) is 0 Å². The number of benzene rings is 1. The predicted octanol–water partition coefficient (Wildman–Crippen LogP) is 3.57. The average molecular weight is 294 g/mol. The highest BCUT2D eigenvalue weighted by Crippen LogP contribution is 2.29. The Kier molecular flexibility index (Phi) is 4.06. The van der Waals surface area contributed by atoms with Gasteiger partial charge in [0.25, 0.3) is 0 Å². The number of aryl methyl sites for hydroxylation is 1. The molecule has 0 radical (unpaired) electrons. The van der Waals surface area contributed by atoms with Crippen LogP contribution in [0.15, 0.2) is 24.3 Å². The van der Waals surface area contributed by atoms with Crippen LogP contribution in [0, 0.1) is 11.3 Å². The molecular formula is C18H18N2O2. The van der Waals surface area contributed by atoms with Crippen molar-refractivity contribution in [3.8, 4) is 6.07 Å². The second-order valence-corrected chi connectivity index (χ2v) is 5.67. The lowest BCUT2D eigenvalue weighted by Gasteiger charge is -2.15. The van der Waals surface area contributed by atoms with Gasteiger partial charge in [-0.05, 0) is 44.2 Å². The number of fused-ring (bicyclic) bond motifs is 2. The summed E-state index contributed by atoms with van der Waals surface area (Å²) in [7, 11) is 0. The molecule has 0 N–H and O–H groups in total. The molecule has 0 saturated carbocycles. The molecule has 0 fully saturated rings. The lowest BCUT2D eigenvalue weighted by atomic mass is 9.97.